The molecule has 0 spiro atoms. The van der Waals surface area contributed by atoms with Crippen LogP contribution in [0.15, 0.2) is 170 Å². The van der Waals surface area contributed by atoms with E-state index in [4.69, 9.17) is 0 Å². The van der Waals surface area contributed by atoms with Crippen molar-refractivity contribution in [3.05, 3.63) is 198 Å². The molecule has 260 valence electrons. The Morgan fingerprint density at radius 3 is 1.44 bits per heavy atom. The predicted octanol–water partition coefficient (Wildman–Crippen LogP) is 14.6. The monoisotopic (exact) mass is 693 g/mol. The molecule has 0 atom stereocenters. The van der Waals surface area contributed by atoms with E-state index >= 15 is 0 Å². The van der Waals surface area contributed by atoms with Crippen LogP contribution in [0.25, 0.3) is 55.3 Å². The molecule has 0 amide bonds. The Hall–Kier alpha value is -6.18. The number of hydrogen-bond acceptors (Lipinski definition) is 1. The minimum atomic E-state index is -0.117. The average Bonchev–Trinajstić information content (AvgIpc) is 3.57. The summed E-state index contributed by atoms with van der Waals surface area (Å²) in [6.07, 6.45) is 0. The molecule has 0 aromatic heterocycles. The van der Waals surface area contributed by atoms with E-state index in [0.29, 0.717) is 0 Å². The molecular formula is C53H43N. The van der Waals surface area contributed by atoms with Crippen LogP contribution in [0.2, 0.25) is 0 Å². The maximum absolute atomic E-state index is 2.52. The van der Waals surface area contributed by atoms with Crippen LogP contribution in [0, 0.1) is 6.92 Å². The molecule has 0 unspecified atom stereocenters. The Morgan fingerprint density at radius 1 is 0.352 bits per heavy atom. The van der Waals surface area contributed by atoms with E-state index < -0.39 is 0 Å². The lowest BCUT2D eigenvalue weighted by Gasteiger charge is -2.31. The second kappa shape index (κ2) is 11.9. The summed E-state index contributed by atoms with van der Waals surface area (Å²) in [4.78, 5) is 2.52. The summed E-state index contributed by atoms with van der Waals surface area (Å²) in [5.74, 6) is 0. The van der Waals surface area contributed by atoms with Crippen LogP contribution >= 0.6 is 0 Å². The maximum Gasteiger partial charge on any atom is 0.0540 e. The van der Waals surface area contributed by atoms with Gasteiger partial charge in [0.2, 0.25) is 0 Å². The predicted molar refractivity (Wildman–Crippen MR) is 229 cm³/mol. The molecule has 2 aliphatic carbocycles. The smallest absolute Gasteiger partial charge is 0.0540 e. The summed E-state index contributed by atoms with van der Waals surface area (Å²) < 4.78 is 0. The van der Waals surface area contributed by atoms with Gasteiger partial charge in [-0.25, -0.2) is 0 Å². The quantitative estimate of drug-likeness (QED) is 0.173. The Labute approximate surface area is 319 Å². The van der Waals surface area contributed by atoms with E-state index in [1.165, 1.54) is 83.1 Å². The van der Waals surface area contributed by atoms with Gasteiger partial charge in [0.05, 0.1) is 5.69 Å². The molecule has 8 aromatic rings. The van der Waals surface area contributed by atoms with E-state index in [2.05, 4.69) is 209 Å². The van der Waals surface area contributed by atoms with Gasteiger partial charge in [-0.2, -0.15) is 0 Å². The van der Waals surface area contributed by atoms with Crippen molar-refractivity contribution in [2.45, 2.75) is 45.4 Å². The Bertz CT molecular complexity index is 2690. The molecule has 0 radical (unpaired) electrons. The zero-order valence-corrected chi connectivity index (χ0v) is 31.6. The Morgan fingerprint density at radius 2 is 0.833 bits per heavy atom. The number of nitrogens with zero attached hydrogens (tertiary/aromatic N) is 1. The molecule has 0 saturated heterocycles. The molecule has 8 aromatic carbocycles. The molecule has 54 heavy (non-hydrogen) atoms. The minimum Gasteiger partial charge on any atom is -0.310 e. The molecular weight excluding hydrogens is 651 g/mol. The van der Waals surface area contributed by atoms with E-state index in [1.54, 1.807) is 0 Å². The van der Waals surface area contributed by atoms with Crippen molar-refractivity contribution in [2.75, 3.05) is 4.90 Å². The van der Waals surface area contributed by atoms with Crippen molar-refractivity contribution < 1.29 is 0 Å². The summed E-state index contributed by atoms with van der Waals surface area (Å²) in [6.45, 7) is 11.7. The molecule has 2 aliphatic rings. The number of fused-ring (bicyclic) bond motifs is 7. The zero-order chi connectivity index (χ0) is 36.8. The van der Waals surface area contributed by atoms with E-state index in [1.807, 2.05) is 0 Å². The van der Waals surface area contributed by atoms with Gasteiger partial charge in [-0.15, -0.1) is 0 Å². The normalized spacial score (nSPS) is 14.3. The topological polar surface area (TPSA) is 3.24 Å². The van der Waals surface area contributed by atoms with Gasteiger partial charge in [-0.3, -0.25) is 0 Å². The summed E-state index contributed by atoms with van der Waals surface area (Å²) in [5.41, 5.74) is 20.2. The first kappa shape index (κ1) is 32.5. The van der Waals surface area contributed by atoms with Gasteiger partial charge in [0.15, 0.2) is 0 Å². The zero-order valence-electron chi connectivity index (χ0n) is 31.6. The molecule has 0 bridgehead atoms. The number of anilines is 3. The number of hydrogen-bond donors (Lipinski definition) is 0. The molecule has 1 nitrogen and oxygen atoms in total. The summed E-state index contributed by atoms with van der Waals surface area (Å²) >= 11 is 0. The molecule has 0 N–H and O–H groups in total. The third kappa shape index (κ3) is 4.85. The van der Waals surface area contributed by atoms with Crippen LogP contribution in [0.5, 0.6) is 0 Å². The van der Waals surface area contributed by atoms with Crippen LogP contribution in [0.4, 0.5) is 17.1 Å². The van der Waals surface area contributed by atoms with Gasteiger partial charge in [-0.1, -0.05) is 155 Å². The molecule has 0 saturated carbocycles. The average molecular weight is 694 g/mol. The van der Waals surface area contributed by atoms with Crippen molar-refractivity contribution in [1.82, 2.24) is 0 Å². The summed E-state index contributed by atoms with van der Waals surface area (Å²) in [5, 5.41) is 2.51. The number of rotatable bonds is 5. The standard InChI is InChI=1S/C53H43N/c1-34-14-6-9-17-41(34)46-31-38(37-23-22-35-15-7-8-16-36(35)30-37)24-29-51(46)54(39-25-27-44-42-18-10-12-20-47(42)52(2,3)49(44)32-39)40-26-28-45-43-19-11-13-21-48(43)53(4,5)50(45)33-40/h6-33H,1-5H3. The second-order valence-electron chi connectivity index (χ2n) is 16.2. The molecule has 1 heteroatoms. The first-order valence-electron chi connectivity index (χ1n) is 19.2. The number of aryl methyl sites for hydroxylation is 1. The molecule has 0 fully saturated rings. The Balaban J connectivity index is 1.22. The van der Waals surface area contributed by atoms with Crippen LogP contribution in [-0.4, -0.2) is 0 Å². The van der Waals surface area contributed by atoms with E-state index in [0.717, 1.165) is 17.1 Å². The fourth-order valence-electron chi connectivity index (χ4n) is 9.46. The van der Waals surface area contributed by atoms with Gasteiger partial charge in [-0.05, 0) is 127 Å². The summed E-state index contributed by atoms with van der Waals surface area (Å²) in [7, 11) is 0. The highest BCUT2D eigenvalue weighted by Gasteiger charge is 2.38. The molecule has 0 aliphatic heterocycles. The lowest BCUT2D eigenvalue weighted by atomic mass is 9.82. The third-order valence-electron chi connectivity index (χ3n) is 12.4. The van der Waals surface area contributed by atoms with Crippen LogP contribution in [0.3, 0.4) is 0 Å². The van der Waals surface area contributed by atoms with Crippen molar-refractivity contribution in [2.24, 2.45) is 0 Å². The third-order valence-corrected chi connectivity index (χ3v) is 12.4. The number of benzene rings is 8. The fraction of sp³-hybridized carbons (Fsp3) is 0.132. The van der Waals surface area contributed by atoms with Crippen LogP contribution in [0.1, 0.15) is 55.5 Å². The van der Waals surface area contributed by atoms with Crippen molar-refractivity contribution in [1.29, 1.82) is 0 Å². The Kier molecular flexibility index (Phi) is 7.17. The maximum atomic E-state index is 2.52. The van der Waals surface area contributed by atoms with Crippen LogP contribution < -0.4 is 4.90 Å². The van der Waals surface area contributed by atoms with Gasteiger partial charge >= 0.3 is 0 Å². The minimum absolute atomic E-state index is 0.117. The lowest BCUT2D eigenvalue weighted by molar-refractivity contribution is 0.660. The van der Waals surface area contributed by atoms with Gasteiger partial charge in [0.25, 0.3) is 0 Å². The van der Waals surface area contributed by atoms with Crippen molar-refractivity contribution in [3.63, 3.8) is 0 Å². The van der Waals surface area contributed by atoms with Gasteiger partial charge in [0.1, 0.15) is 0 Å². The van der Waals surface area contributed by atoms with Crippen molar-refractivity contribution in [3.8, 4) is 44.5 Å². The SMILES string of the molecule is Cc1ccccc1-c1cc(-c2ccc3ccccc3c2)ccc1N(c1ccc2c(c1)C(C)(C)c1ccccc1-2)c1ccc2c(c1)C(C)(C)c1ccccc1-2. The highest BCUT2D eigenvalue weighted by atomic mass is 15.1. The van der Waals surface area contributed by atoms with Crippen molar-refractivity contribution >= 4 is 27.8 Å². The van der Waals surface area contributed by atoms with E-state index in [-0.39, 0.29) is 10.8 Å². The highest BCUT2D eigenvalue weighted by molar-refractivity contribution is 5.95. The first-order chi connectivity index (χ1) is 26.2. The fourth-order valence-corrected chi connectivity index (χ4v) is 9.46. The second-order valence-corrected chi connectivity index (χ2v) is 16.2. The highest BCUT2D eigenvalue weighted by Crippen LogP contribution is 2.54. The van der Waals surface area contributed by atoms with E-state index in [9.17, 15) is 0 Å². The first-order valence-corrected chi connectivity index (χ1v) is 19.2. The van der Waals surface area contributed by atoms with Gasteiger partial charge in [0, 0.05) is 27.8 Å². The summed E-state index contributed by atoms with van der Waals surface area (Å²) in [6, 6.07) is 63.5. The molecule has 0 heterocycles. The van der Waals surface area contributed by atoms with Crippen LogP contribution in [-0.2, 0) is 10.8 Å². The lowest BCUT2D eigenvalue weighted by Crippen LogP contribution is -2.18. The largest absolute Gasteiger partial charge is 0.310 e. The molecule has 10 rings (SSSR count). The van der Waals surface area contributed by atoms with Gasteiger partial charge < -0.3 is 4.90 Å².